The molecule has 0 aliphatic heterocycles. The van der Waals surface area contributed by atoms with Crippen LogP contribution in [0.2, 0.25) is 0 Å². The van der Waals surface area contributed by atoms with Gasteiger partial charge in [0, 0.05) is 11.3 Å². The monoisotopic (exact) mass is 616 g/mol. The topological polar surface area (TPSA) is 17.8 Å². The van der Waals surface area contributed by atoms with Crippen molar-refractivity contribution >= 4 is 32.6 Å². The maximum atomic E-state index is 9.39. The van der Waals surface area contributed by atoms with E-state index in [-0.39, 0.29) is 66.3 Å². The van der Waals surface area contributed by atoms with E-state index in [0.29, 0.717) is 16.7 Å². The molecule has 0 unspecified atom stereocenters. The highest BCUT2D eigenvalue weighted by Gasteiger charge is 2.19. The lowest BCUT2D eigenvalue weighted by atomic mass is 9.85. The number of hydrogen-bond acceptors (Lipinski definition) is 1. The van der Waals surface area contributed by atoms with E-state index in [1.807, 2.05) is 0 Å². The molecule has 9 aromatic rings. The molecule has 0 radical (unpaired) electrons. The zero-order valence-corrected chi connectivity index (χ0v) is 24.3. The van der Waals surface area contributed by atoms with Crippen LogP contribution in [0, 0.1) is 0 Å². The lowest BCUT2D eigenvalue weighted by Crippen LogP contribution is -1.98. The summed E-state index contributed by atoms with van der Waals surface area (Å²) in [6.45, 7) is 0. The molecule has 0 saturated carbocycles. The van der Waals surface area contributed by atoms with Crippen LogP contribution in [0.3, 0.4) is 0 Å². The maximum Gasteiger partial charge on any atom is 0.145 e. The molecule has 1 aromatic heterocycles. The summed E-state index contributed by atoms with van der Waals surface area (Å²) in [6.07, 6.45) is 0. The van der Waals surface area contributed by atoms with Crippen LogP contribution in [0.4, 0.5) is 0 Å². The first-order chi connectivity index (χ1) is 30.8. The summed E-state index contributed by atoms with van der Waals surface area (Å²) >= 11 is 0. The Kier molecular flexibility index (Phi) is 3.47. The molecule has 2 heteroatoms. The number of para-hydroxylation sites is 2. The van der Waals surface area contributed by atoms with Crippen molar-refractivity contribution in [2.45, 2.75) is 0 Å². The quantitative estimate of drug-likeness (QED) is 0.176. The molecule has 0 aliphatic rings. The van der Waals surface area contributed by atoms with E-state index in [0.717, 1.165) is 0 Å². The van der Waals surface area contributed by atoms with Gasteiger partial charge in [-0.05, 0) is 79.2 Å². The third-order valence-electron chi connectivity index (χ3n) is 8.01. The standard InChI is InChI=1S/C45H30N2/c1-3-14-31(15-4-1)32-26-28-33(29-27-32)43-37-20-7-9-22-39(37)44(40-23-10-8-21-38(40)43)35-18-13-19-36(30-35)47-42-25-12-11-24-41(42)46-45(47)34-16-5-2-6-17-34/h1-30H/i1D,2D,3D,4D,5D,6D,7D,8D,9D,10D,14D,15D,16D,17D,20D,21D,22D,23D. The van der Waals surface area contributed by atoms with Crippen molar-refractivity contribution in [2.24, 2.45) is 0 Å². The van der Waals surface area contributed by atoms with Crippen molar-refractivity contribution in [1.29, 1.82) is 0 Å². The smallest absolute Gasteiger partial charge is 0.145 e. The Balaban J connectivity index is 1.40. The van der Waals surface area contributed by atoms with Gasteiger partial charge in [-0.2, -0.15) is 0 Å². The summed E-state index contributed by atoms with van der Waals surface area (Å²) in [5.41, 5.74) is 1.72. The summed E-state index contributed by atoms with van der Waals surface area (Å²) < 4.78 is 158. The Labute approximate surface area is 299 Å². The first kappa shape index (κ1) is 14.5. The Morgan fingerprint density at radius 2 is 0.957 bits per heavy atom. The fraction of sp³-hybridized carbons (Fsp3) is 0. The molecule has 1 heterocycles. The molecular formula is C45H30N2. The van der Waals surface area contributed by atoms with Gasteiger partial charge in [0.1, 0.15) is 5.82 Å². The second kappa shape index (κ2) is 11.3. The molecule has 0 bridgehead atoms. The molecule has 9 rings (SSSR count). The predicted octanol–water partition coefficient (Wildman–Crippen LogP) is 12.0. The van der Waals surface area contributed by atoms with E-state index in [1.54, 1.807) is 53.1 Å². The molecule has 0 spiro atoms. The van der Waals surface area contributed by atoms with Crippen LogP contribution in [0.1, 0.15) is 24.7 Å². The van der Waals surface area contributed by atoms with Crippen LogP contribution < -0.4 is 0 Å². The number of benzene rings is 8. The van der Waals surface area contributed by atoms with Crippen LogP contribution in [-0.2, 0) is 0 Å². The van der Waals surface area contributed by atoms with Crippen molar-refractivity contribution in [3.8, 4) is 50.5 Å². The summed E-state index contributed by atoms with van der Waals surface area (Å²) in [4.78, 5) is 4.73. The highest BCUT2D eigenvalue weighted by atomic mass is 15.1. The van der Waals surface area contributed by atoms with Gasteiger partial charge in [-0.15, -0.1) is 0 Å². The van der Waals surface area contributed by atoms with Crippen molar-refractivity contribution in [3.63, 3.8) is 0 Å². The summed E-state index contributed by atoms with van der Waals surface area (Å²) in [5, 5.41) is -0.344. The fourth-order valence-corrected chi connectivity index (χ4v) is 6.02. The molecule has 0 amide bonds. The van der Waals surface area contributed by atoms with Gasteiger partial charge in [0.2, 0.25) is 0 Å². The fourth-order valence-electron chi connectivity index (χ4n) is 6.02. The Morgan fingerprint density at radius 1 is 0.426 bits per heavy atom. The Hall–Kier alpha value is -6.25. The number of aromatic nitrogens is 2. The lowest BCUT2D eigenvalue weighted by molar-refractivity contribution is 1.10. The van der Waals surface area contributed by atoms with E-state index in [4.69, 9.17) is 24.2 Å². The Morgan fingerprint density at radius 3 is 1.60 bits per heavy atom. The molecule has 0 aliphatic carbocycles. The van der Waals surface area contributed by atoms with Gasteiger partial charge in [-0.1, -0.05) is 157 Å². The van der Waals surface area contributed by atoms with Crippen LogP contribution >= 0.6 is 0 Å². The van der Waals surface area contributed by atoms with Crippen LogP contribution in [0.5, 0.6) is 0 Å². The summed E-state index contributed by atoms with van der Waals surface area (Å²) in [7, 11) is 0. The van der Waals surface area contributed by atoms with Crippen molar-refractivity contribution < 1.29 is 24.7 Å². The summed E-state index contributed by atoms with van der Waals surface area (Å²) in [6, 6.07) is 9.53. The highest BCUT2D eigenvalue weighted by molar-refractivity contribution is 6.21. The van der Waals surface area contributed by atoms with Crippen molar-refractivity contribution in [3.05, 3.63) is 182 Å². The molecule has 0 saturated heterocycles. The van der Waals surface area contributed by atoms with Gasteiger partial charge >= 0.3 is 0 Å². The first-order valence-electron chi connectivity index (χ1n) is 23.6. The first-order valence-corrected chi connectivity index (χ1v) is 14.6. The number of rotatable bonds is 5. The van der Waals surface area contributed by atoms with E-state index in [1.165, 1.54) is 24.3 Å². The van der Waals surface area contributed by atoms with Crippen LogP contribution in [0.15, 0.2) is 182 Å². The lowest BCUT2D eigenvalue weighted by Gasteiger charge is -2.19. The van der Waals surface area contributed by atoms with Crippen LogP contribution in [-0.4, -0.2) is 9.55 Å². The van der Waals surface area contributed by atoms with E-state index in [9.17, 15) is 5.48 Å². The normalized spacial score (nSPS) is 16.8. The molecule has 0 fully saturated rings. The predicted molar refractivity (Wildman–Crippen MR) is 198 cm³/mol. The van der Waals surface area contributed by atoms with Gasteiger partial charge in [0.05, 0.1) is 35.7 Å². The second-order valence-corrected chi connectivity index (χ2v) is 10.6. The molecule has 0 N–H and O–H groups in total. The highest BCUT2D eigenvalue weighted by Crippen LogP contribution is 2.44. The molecule has 220 valence electrons. The molecule has 0 atom stereocenters. The largest absolute Gasteiger partial charge is 0.292 e. The third kappa shape index (κ3) is 4.62. The van der Waals surface area contributed by atoms with Crippen molar-refractivity contribution in [2.75, 3.05) is 0 Å². The van der Waals surface area contributed by atoms with E-state index < -0.39 is 109 Å². The second-order valence-electron chi connectivity index (χ2n) is 10.6. The minimum Gasteiger partial charge on any atom is -0.292 e. The number of fused-ring (bicyclic) bond motifs is 3. The van der Waals surface area contributed by atoms with Gasteiger partial charge in [0.15, 0.2) is 0 Å². The Bertz CT molecular complexity index is 3440. The summed E-state index contributed by atoms with van der Waals surface area (Å²) in [5.74, 6) is 0.00121. The average Bonchev–Trinajstić information content (AvgIpc) is 3.69. The van der Waals surface area contributed by atoms with Crippen LogP contribution in [0.25, 0.3) is 83.0 Å². The molecule has 47 heavy (non-hydrogen) atoms. The number of imidazole rings is 1. The van der Waals surface area contributed by atoms with Gasteiger partial charge in [-0.25, -0.2) is 4.98 Å². The minimum absolute atomic E-state index is 0.00121. The number of nitrogens with zero attached hydrogens (tertiary/aromatic N) is 2. The minimum atomic E-state index is -0.619. The average molecular weight is 617 g/mol. The number of hydrogen-bond donors (Lipinski definition) is 0. The van der Waals surface area contributed by atoms with Gasteiger partial charge < -0.3 is 0 Å². The van der Waals surface area contributed by atoms with E-state index in [2.05, 4.69) is 0 Å². The molecule has 8 aromatic carbocycles. The van der Waals surface area contributed by atoms with Gasteiger partial charge in [0.25, 0.3) is 0 Å². The maximum absolute atomic E-state index is 9.39. The molecule has 2 nitrogen and oxygen atoms in total. The SMILES string of the molecule is [2H]c1c([2H])c([2H])c(-c2ccc(-c3c4c([2H])c([2H])c([2H])c([2H])c4c(-c4cccc(-n5c(-c6c([2H])c([2H])c([2H])c([2H])c6[2H])nc6ccccc65)c4)c4c([2H])c([2H])c([2H])c([2H])c34)cc2)c([2H])c1[2H]. The zero-order valence-electron chi connectivity index (χ0n) is 42.3. The van der Waals surface area contributed by atoms with Crippen molar-refractivity contribution in [1.82, 2.24) is 9.55 Å². The zero-order chi connectivity index (χ0) is 46.8. The van der Waals surface area contributed by atoms with E-state index >= 15 is 0 Å². The van der Waals surface area contributed by atoms with Gasteiger partial charge in [-0.3, -0.25) is 4.57 Å². The third-order valence-corrected chi connectivity index (χ3v) is 8.01. The molecular weight excluding hydrogens is 569 g/mol.